The second kappa shape index (κ2) is 4.18. The quantitative estimate of drug-likeness (QED) is 0.614. The van der Waals surface area contributed by atoms with Crippen LogP contribution in [0.4, 0.5) is 5.69 Å². The maximum Gasteiger partial charge on any atom is 0.265 e. The first-order valence-corrected chi connectivity index (χ1v) is 5.73. The summed E-state index contributed by atoms with van der Waals surface area (Å²) in [6, 6.07) is 4.75. The molecular weight excluding hydrogens is 216 g/mol. The van der Waals surface area contributed by atoms with E-state index in [-0.39, 0.29) is 4.90 Å². The second-order valence-corrected chi connectivity index (χ2v) is 4.97. The molecule has 1 aromatic carbocycles. The number of anilines is 1. The first-order valence-electron chi connectivity index (χ1n) is 4.29. The number of nitrogens with two attached hydrogens (primary N) is 1. The van der Waals surface area contributed by atoms with Crippen molar-refractivity contribution in [3.63, 3.8) is 0 Å². The largest absolute Gasteiger partial charge is 0.398 e. The van der Waals surface area contributed by atoms with Crippen LogP contribution >= 0.6 is 0 Å². The zero-order chi connectivity index (χ0) is 11.6. The van der Waals surface area contributed by atoms with E-state index >= 15 is 0 Å². The standard InChI is InChI=1S/C9H14N2O3S/c1-7-8(10)5-4-6-9(7)15(12,13)11(2)14-3/h4-6H,10H2,1-3H3. The Morgan fingerprint density at radius 2 is 2.00 bits per heavy atom. The highest BCUT2D eigenvalue weighted by molar-refractivity contribution is 7.89. The minimum absolute atomic E-state index is 0.159. The Bertz CT molecular complexity index is 456. The van der Waals surface area contributed by atoms with Crippen LogP contribution in [0.15, 0.2) is 23.1 Å². The molecule has 0 atom stereocenters. The summed E-state index contributed by atoms with van der Waals surface area (Å²) in [6.07, 6.45) is 0. The number of nitrogens with zero attached hydrogens (tertiary/aromatic N) is 1. The molecule has 0 saturated heterocycles. The molecule has 0 heterocycles. The highest BCUT2D eigenvalue weighted by Crippen LogP contribution is 2.22. The fourth-order valence-corrected chi connectivity index (χ4v) is 2.38. The molecule has 0 spiro atoms. The van der Waals surface area contributed by atoms with Crippen LogP contribution in [0, 0.1) is 6.92 Å². The van der Waals surface area contributed by atoms with E-state index in [4.69, 9.17) is 5.73 Å². The molecule has 1 rings (SSSR count). The molecule has 0 aliphatic rings. The van der Waals surface area contributed by atoms with Gasteiger partial charge in [0.15, 0.2) is 0 Å². The van der Waals surface area contributed by atoms with E-state index in [1.165, 1.54) is 20.2 Å². The number of nitrogen functional groups attached to an aromatic ring is 1. The Kier molecular flexibility index (Phi) is 3.33. The van der Waals surface area contributed by atoms with Gasteiger partial charge in [-0.05, 0) is 24.6 Å². The van der Waals surface area contributed by atoms with Gasteiger partial charge in [0, 0.05) is 12.7 Å². The smallest absolute Gasteiger partial charge is 0.265 e. The van der Waals surface area contributed by atoms with Crippen LogP contribution in [0.1, 0.15) is 5.56 Å². The molecular formula is C9H14N2O3S. The van der Waals surface area contributed by atoms with Crippen molar-refractivity contribution in [2.24, 2.45) is 0 Å². The van der Waals surface area contributed by atoms with E-state index in [9.17, 15) is 8.42 Å². The summed E-state index contributed by atoms with van der Waals surface area (Å²) in [7, 11) is -0.989. The third-order valence-corrected chi connectivity index (χ3v) is 4.02. The summed E-state index contributed by atoms with van der Waals surface area (Å²) in [4.78, 5) is 4.83. The second-order valence-electron chi connectivity index (χ2n) is 3.07. The van der Waals surface area contributed by atoms with E-state index in [2.05, 4.69) is 4.84 Å². The molecule has 0 saturated carbocycles. The van der Waals surface area contributed by atoms with E-state index in [0.717, 1.165) is 4.47 Å². The number of hydroxylamine groups is 1. The number of hydrogen-bond donors (Lipinski definition) is 1. The van der Waals surface area contributed by atoms with Gasteiger partial charge in [-0.2, -0.15) is 0 Å². The first-order chi connectivity index (χ1) is 6.91. The van der Waals surface area contributed by atoms with Gasteiger partial charge in [0.1, 0.15) is 0 Å². The maximum absolute atomic E-state index is 11.9. The summed E-state index contributed by atoms with van der Waals surface area (Å²) in [6.45, 7) is 1.66. The van der Waals surface area contributed by atoms with Crippen molar-refractivity contribution in [3.8, 4) is 0 Å². The Morgan fingerprint density at radius 1 is 1.40 bits per heavy atom. The van der Waals surface area contributed by atoms with Crippen LogP contribution in [0.3, 0.4) is 0 Å². The molecule has 0 aromatic heterocycles. The highest BCUT2D eigenvalue weighted by atomic mass is 32.2. The highest BCUT2D eigenvalue weighted by Gasteiger charge is 2.23. The number of benzene rings is 1. The van der Waals surface area contributed by atoms with Crippen LogP contribution in [0.5, 0.6) is 0 Å². The van der Waals surface area contributed by atoms with Gasteiger partial charge in [0.05, 0.1) is 12.0 Å². The first kappa shape index (κ1) is 12.0. The average Bonchev–Trinajstić information content (AvgIpc) is 2.20. The Hall–Kier alpha value is -1.11. The molecule has 2 N–H and O–H groups in total. The van der Waals surface area contributed by atoms with Crippen molar-refractivity contribution < 1.29 is 13.3 Å². The molecule has 0 radical (unpaired) electrons. The molecule has 0 fully saturated rings. The Balaban J connectivity index is 3.34. The molecule has 0 amide bonds. The normalized spacial score (nSPS) is 12.0. The summed E-state index contributed by atoms with van der Waals surface area (Å²) >= 11 is 0. The minimum Gasteiger partial charge on any atom is -0.398 e. The number of hydrogen-bond acceptors (Lipinski definition) is 4. The van der Waals surface area contributed by atoms with Gasteiger partial charge in [-0.15, -0.1) is 0 Å². The van der Waals surface area contributed by atoms with Gasteiger partial charge in [-0.1, -0.05) is 10.5 Å². The van der Waals surface area contributed by atoms with E-state index < -0.39 is 10.0 Å². The van der Waals surface area contributed by atoms with Gasteiger partial charge in [0.2, 0.25) is 0 Å². The zero-order valence-electron chi connectivity index (χ0n) is 8.89. The predicted molar refractivity (Wildman–Crippen MR) is 57.5 cm³/mol. The molecule has 0 bridgehead atoms. The average molecular weight is 230 g/mol. The van der Waals surface area contributed by atoms with E-state index in [1.807, 2.05) is 0 Å². The SMILES string of the molecule is CON(C)S(=O)(=O)c1cccc(N)c1C. The van der Waals surface area contributed by atoms with Crippen molar-refractivity contribution in [1.82, 2.24) is 4.47 Å². The minimum atomic E-state index is -3.61. The van der Waals surface area contributed by atoms with Gasteiger partial charge in [-0.3, -0.25) is 4.84 Å². The molecule has 1 aromatic rings. The maximum atomic E-state index is 11.9. The molecule has 5 nitrogen and oxygen atoms in total. The van der Waals surface area contributed by atoms with Crippen LogP contribution in [0.25, 0.3) is 0 Å². The molecule has 6 heteroatoms. The van der Waals surface area contributed by atoms with Crippen molar-refractivity contribution in [1.29, 1.82) is 0 Å². The van der Waals surface area contributed by atoms with Crippen molar-refractivity contribution in [2.45, 2.75) is 11.8 Å². The van der Waals surface area contributed by atoms with Gasteiger partial charge in [-0.25, -0.2) is 8.42 Å². The number of rotatable bonds is 3. The Labute approximate surface area is 89.5 Å². The summed E-state index contributed by atoms with van der Waals surface area (Å²) < 4.78 is 24.6. The lowest BCUT2D eigenvalue weighted by molar-refractivity contribution is -0.0258. The Morgan fingerprint density at radius 3 is 2.53 bits per heavy atom. The summed E-state index contributed by atoms with van der Waals surface area (Å²) in [5.74, 6) is 0. The van der Waals surface area contributed by atoms with Crippen molar-refractivity contribution >= 4 is 15.7 Å². The van der Waals surface area contributed by atoms with Crippen LogP contribution in [0.2, 0.25) is 0 Å². The number of sulfonamides is 1. The molecule has 84 valence electrons. The monoisotopic (exact) mass is 230 g/mol. The molecule has 0 aliphatic heterocycles. The predicted octanol–water partition coefficient (Wildman–Crippen LogP) is 0.759. The van der Waals surface area contributed by atoms with Crippen molar-refractivity contribution in [2.75, 3.05) is 19.9 Å². The van der Waals surface area contributed by atoms with Crippen LogP contribution in [-0.4, -0.2) is 27.0 Å². The lowest BCUT2D eigenvalue weighted by Crippen LogP contribution is -2.26. The third kappa shape index (κ3) is 2.11. The van der Waals surface area contributed by atoms with E-state index in [1.54, 1.807) is 19.1 Å². The third-order valence-electron chi connectivity index (χ3n) is 2.20. The van der Waals surface area contributed by atoms with Crippen LogP contribution < -0.4 is 5.73 Å². The summed E-state index contributed by atoms with van der Waals surface area (Å²) in [5, 5.41) is 0. The molecule has 0 aliphatic carbocycles. The van der Waals surface area contributed by atoms with Gasteiger partial charge < -0.3 is 5.73 Å². The van der Waals surface area contributed by atoms with E-state index in [0.29, 0.717) is 11.3 Å². The fourth-order valence-electron chi connectivity index (χ4n) is 1.15. The molecule has 15 heavy (non-hydrogen) atoms. The lowest BCUT2D eigenvalue weighted by Gasteiger charge is -2.16. The van der Waals surface area contributed by atoms with Crippen molar-refractivity contribution in [3.05, 3.63) is 23.8 Å². The van der Waals surface area contributed by atoms with Gasteiger partial charge in [0.25, 0.3) is 10.0 Å². The fraction of sp³-hybridized carbons (Fsp3) is 0.333. The summed E-state index contributed by atoms with van der Waals surface area (Å²) in [5.41, 5.74) is 6.61. The molecule has 0 unspecified atom stereocenters. The lowest BCUT2D eigenvalue weighted by atomic mass is 10.2. The van der Waals surface area contributed by atoms with Gasteiger partial charge >= 0.3 is 0 Å². The topological polar surface area (TPSA) is 72.6 Å². The zero-order valence-corrected chi connectivity index (χ0v) is 9.71. The van der Waals surface area contributed by atoms with Crippen LogP contribution in [-0.2, 0) is 14.9 Å².